The molecule has 1 N–H and O–H groups in total. The zero-order chi connectivity index (χ0) is 19.7. The van der Waals surface area contributed by atoms with E-state index in [1.165, 1.54) is 23.5 Å². The number of halogens is 1. The van der Waals surface area contributed by atoms with E-state index in [1.807, 2.05) is 6.92 Å². The van der Waals surface area contributed by atoms with E-state index in [1.54, 1.807) is 43.3 Å². The molecule has 28 heavy (non-hydrogen) atoms. The fourth-order valence-corrected chi connectivity index (χ4v) is 3.59. The Kier molecular flexibility index (Phi) is 4.70. The van der Waals surface area contributed by atoms with E-state index in [0.717, 1.165) is 10.4 Å². The normalized spacial score (nSPS) is 10.8. The van der Waals surface area contributed by atoms with Crippen LogP contribution in [0.2, 0.25) is 0 Å². The maximum Gasteiger partial charge on any atom is 0.258 e. The lowest BCUT2D eigenvalue weighted by molar-refractivity contribution is 0.102. The van der Waals surface area contributed by atoms with E-state index in [0.29, 0.717) is 27.8 Å². The van der Waals surface area contributed by atoms with Gasteiger partial charge in [-0.2, -0.15) is 4.98 Å². The number of thiazole rings is 1. The van der Waals surface area contributed by atoms with E-state index in [9.17, 15) is 9.18 Å². The Morgan fingerprint density at radius 3 is 2.54 bits per heavy atom. The molecule has 0 aliphatic carbocycles. The summed E-state index contributed by atoms with van der Waals surface area (Å²) in [7, 11) is 0. The zero-order valence-electron chi connectivity index (χ0n) is 15.1. The molecule has 0 spiro atoms. The van der Waals surface area contributed by atoms with Gasteiger partial charge in [-0.25, -0.2) is 9.37 Å². The van der Waals surface area contributed by atoms with Crippen molar-refractivity contribution in [3.05, 3.63) is 70.6 Å². The van der Waals surface area contributed by atoms with Crippen LogP contribution in [0.5, 0.6) is 0 Å². The molecule has 6 nitrogen and oxygen atoms in total. The van der Waals surface area contributed by atoms with Crippen LogP contribution in [0.25, 0.3) is 22.7 Å². The van der Waals surface area contributed by atoms with Gasteiger partial charge in [-0.3, -0.25) is 10.1 Å². The predicted molar refractivity (Wildman–Crippen MR) is 105 cm³/mol. The van der Waals surface area contributed by atoms with Crippen molar-refractivity contribution < 1.29 is 13.7 Å². The summed E-state index contributed by atoms with van der Waals surface area (Å²) in [6.07, 6.45) is 0. The summed E-state index contributed by atoms with van der Waals surface area (Å²) < 4.78 is 18.4. The third-order valence-electron chi connectivity index (χ3n) is 4.06. The molecule has 0 bridgehead atoms. The molecule has 2 aromatic carbocycles. The van der Waals surface area contributed by atoms with Crippen LogP contribution >= 0.6 is 11.3 Å². The second-order valence-electron chi connectivity index (χ2n) is 6.08. The van der Waals surface area contributed by atoms with Crippen molar-refractivity contribution >= 4 is 22.4 Å². The largest absolute Gasteiger partial charge is 0.334 e. The van der Waals surface area contributed by atoms with Gasteiger partial charge in [-0.15, -0.1) is 11.3 Å². The highest BCUT2D eigenvalue weighted by molar-refractivity contribution is 7.16. The fraction of sp³-hybridized carbons (Fsp3) is 0.100. The molecule has 0 fully saturated rings. The number of amides is 1. The molecular formula is C20H15FN4O2S. The quantitative estimate of drug-likeness (QED) is 0.534. The minimum absolute atomic E-state index is 0.283. The molecule has 0 saturated heterocycles. The van der Waals surface area contributed by atoms with Gasteiger partial charge in [-0.1, -0.05) is 17.3 Å². The summed E-state index contributed by atoms with van der Waals surface area (Å²) in [4.78, 5) is 22.4. The Morgan fingerprint density at radius 2 is 1.82 bits per heavy atom. The van der Waals surface area contributed by atoms with Gasteiger partial charge in [0.05, 0.1) is 16.8 Å². The lowest BCUT2D eigenvalue weighted by Crippen LogP contribution is -2.13. The highest BCUT2D eigenvalue weighted by Crippen LogP contribution is 2.31. The fourth-order valence-electron chi connectivity index (χ4n) is 2.76. The number of nitrogens with zero attached hydrogens (tertiary/aromatic N) is 3. The molecule has 4 rings (SSSR count). The van der Waals surface area contributed by atoms with Crippen LogP contribution in [0.4, 0.5) is 9.52 Å². The van der Waals surface area contributed by atoms with E-state index >= 15 is 0 Å². The number of nitrogens with one attached hydrogen (secondary N) is 1. The maximum absolute atomic E-state index is 13.2. The summed E-state index contributed by atoms with van der Waals surface area (Å²) in [5.41, 5.74) is 2.45. The third-order valence-corrected chi connectivity index (χ3v) is 4.95. The van der Waals surface area contributed by atoms with Crippen molar-refractivity contribution in [3.63, 3.8) is 0 Å². The Balaban J connectivity index is 1.62. The monoisotopic (exact) mass is 394 g/mol. The number of benzene rings is 2. The summed E-state index contributed by atoms with van der Waals surface area (Å²) in [6, 6.07) is 13.1. The number of aromatic nitrogens is 3. The van der Waals surface area contributed by atoms with Gasteiger partial charge in [-0.05, 0) is 50.2 Å². The molecule has 2 heterocycles. The van der Waals surface area contributed by atoms with Crippen molar-refractivity contribution in [2.24, 2.45) is 0 Å². The van der Waals surface area contributed by atoms with E-state index in [-0.39, 0.29) is 17.6 Å². The van der Waals surface area contributed by atoms with Gasteiger partial charge >= 0.3 is 0 Å². The van der Waals surface area contributed by atoms with Gasteiger partial charge in [0.25, 0.3) is 11.8 Å². The molecule has 0 radical (unpaired) electrons. The Labute approximate surface area is 164 Å². The van der Waals surface area contributed by atoms with Crippen LogP contribution in [0.15, 0.2) is 53.1 Å². The third kappa shape index (κ3) is 3.54. The van der Waals surface area contributed by atoms with E-state index < -0.39 is 0 Å². The minimum atomic E-state index is -0.328. The maximum atomic E-state index is 13.2. The lowest BCUT2D eigenvalue weighted by Gasteiger charge is -2.05. The van der Waals surface area contributed by atoms with Crippen molar-refractivity contribution in [1.82, 2.24) is 15.1 Å². The molecule has 8 heteroatoms. The van der Waals surface area contributed by atoms with Crippen LogP contribution in [0.1, 0.15) is 21.1 Å². The number of aryl methyl sites for hydroxylation is 2. The van der Waals surface area contributed by atoms with Crippen LogP contribution in [-0.2, 0) is 0 Å². The van der Waals surface area contributed by atoms with Crippen molar-refractivity contribution in [3.8, 4) is 22.7 Å². The molecule has 140 valence electrons. The van der Waals surface area contributed by atoms with Crippen LogP contribution in [0.3, 0.4) is 0 Å². The lowest BCUT2D eigenvalue weighted by atomic mass is 10.1. The minimum Gasteiger partial charge on any atom is -0.334 e. The first-order valence-corrected chi connectivity index (χ1v) is 9.27. The summed E-state index contributed by atoms with van der Waals surface area (Å²) in [6.45, 7) is 3.62. The molecule has 1 amide bonds. The SMILES string of the molecule is Cc1noc(-c2ccccc2C(=O)Nc2nc(-c3ccc(F)cc3)c(C)s2)n1. The molecule has 0 aliphatic rings. The average Bonchev–Trinajstić information content (AvgIpc) is 3.28. The second-order valence-corrected chi connectivity index (χ2v) is 7.28. The summed E-state index contributed by atoms with van der Waals surface area (Å²) >= 11 is 1.35. The Hall–Kier alpha value is -3.39. The zero-order valence-corrected chi connectivity index (χ0v) is 15.9. The first-order valence-electron chi connectivity index (χ1n) is 8.45. The van der Waals surface area contributed by atoms with Gasteiger partial charge < -0.3 is 4.52 Å². The number of hydrogen-bond acceptors (Lipinski definition) is 6. The van der Waals surface area contributed by atoms with Crippen LogP contribution in [-0.4, -0.2) is 21.0 Å². The second kappa shape index (κ2) is 7.32. The Morgan fingerprint density at radius 1 is 1.07 bits per heavy atom. The highest BCUT2D eigenvalue weighted by atomic mass is 32.1. The molecular weight excluding hydrogens is 379 g/mol. The smallest absolute Gasteiger partial charge is 0.258 e. The van der Waals surface area contributed by atoms with Crippen molar-refractivity contribution in [2.45, 2.75) is 13.8 Å². The molecule has 0 unspecified atom stereocenters. The number of carbonyl (C=O) groups excluding carboxylic acids is 1. The molecule has 4 aromatic rings. The number of hydrogen-bond donors (Lipinski definition) is 1. The Bertz CT molecular complexity index is 1150. The van der Waals surface area contributed by atoms with Gasteiger partial charge in [0, 0.05) is 10.4 Å². The number of anilines is 1. The molecule has 2 aromatic heterocycles. The molecule has 0 atom stereocenters. The predicted octanol–water partition coefficient (Wildman–Crippen LogP) is 4.87. The topological polar surface area (TPSA) is 80.9 Å². The van der Waals surface area contributed by atoms with E-state index in [4.69, 9.17) is 4.52 Å². The van der Waals surface area contributed by atoms with Crippen LogP contribution in [0, 0.1) is 19.7 Å². The highest BCUT2D eigenvalue weighted by Gasteiger charge is 2.19. The van der Waals surface area contributed by atoms with Gasteiger partial charge in [0.2, 0.25) is 0 Å². The van der Waals surface area contributed by atoms with Crippen molar-refractivity contribution in [1.29, 1.82) is 0 Å². The van der Waals surface area contributed by atoms with Gasteiger partial charge in [0.15, 0.2) is 11.0 Å². The number of rotatable bonds is 4. The van der Waals surface area contributed by atoms with Gasteiger partial charge in [0.1, 0.15) is 5.82 Å². The molecule has 0 saturated carbocycles. The summed E-state index contributed by atoms with van der Waals surface area (Å²) in [5, 5.41) is 7.06. The van der Waals surface area contributed by atoms with Crippen LogP contribution < -0.4 is 5.32 Å². The number of carbonyl (C=O) groups is 1. The molecule has 0 aliphatic heterocycles. The average molecular weight is 394 g/mol. The van der Waals surface area contributed by atoms with E-state index in [2.05, 4.69) is 20.4 Å². The standard InChI is InChI=1S/C20H15FN4O2S/c1-11-17(13-7-9-14(21)10-8-13)23-20(28-11)24-18(26)15-5-3-4-6-16(15)19-22-12(2)25-27-19/h3-10H,1-2H3,(H,23,24,26). The first-order chi connectivity index (χ1) is 13.5. The summed E-state index contributed by atoms with van der Waals surface area (Å²) in [5.74, 6) is 0.138. The first kappa shape index (κ1) is 18.0. The van der Waals surface area contributed by atoms with Crippen molar-refractivity contribution in [2.75, 3.05) is 5.32 Å².